The van der Waals surface area contributed by atoms with Crippen molar-refractivity contribution in [2.24, 2.45) is 5.92 Å². The van der Waals surface area contributed by atoms with E-state index in [1.54, 1.807) is 7.11 Å². The summed E-state index contributed by atoms with van der Waals surface area (Å²) in [4.78, 5) is 27.9. The van der Waals surface area contributed by atoms with Crippen molar-refractivity contribution in [3.05, 3.63) is 82.9 Å². The minimum absolute atomic E-state index is 0.0505. The molecule has 2 aliphatic heterocycles. The quantitative estimate of drug-likeness (QED) is 0.490. The van der Waals surface area contributed by atoms with Crippen LogP contribution in [0.1, 0.15) is 34.2 Å². The summed E-state index contributed by atoms with van der Waals surface area (Å²) in [6.45, 7) is 4.51. The minimum Gasteiger partial charge on any atom is -0.497 e. The van der Waals surface area contributed by atoms with Gasteiger partial charge in [-0.2, -0.15) is 0 Å². The number of likely N-dealkylation sites (tertiary alicyclic amines) is 1. The molecular weight excluding hydrogens is 472 g/mol. The third-order valence-electron chi connectivity index (χ3n) is 7.18. The van der Waals surface area contributed by atoms with Gasteiger partial charge in [-0.05, 0) is 66.4 Å². The highest BCUT2D eigenvalue weighted by Crippen LogP contribution is 2.47. The van der Waals surface area contributed by atoms with Crippen molar-refractivity contribution in [1.82, 2.24) is 4.90 Å². The molecule has 0 saturated carbocycles. The summed E-state index contributed by atoms with van der Waals surface area (Å²) < 4.78 is 16.3. The van der Waals surface area contributed by atoms with E-state index in [2.05, 4.69) is 5.32 Å². The lowest BCUT2D eigenvalue weighted by atomic mass is 9.82. The molecule has 5 rings (SSSR count). The number of ether oxygens (including phenoxy) is 3. The first-order valence-corrected chi connectivity index (χ1v) is 12.2. The van der Waals surface area contributed by atoms with Crippen molar-refractivity contribution in [2.75, 3.05) is 32.3 Å². The molecule has 2 heterocycles. The van der Waals surface area contributed by atoms with Crippen LogP contribution in [0, 0.1) is 19.8 Å². The number of anilines is 1. The second-order valence-corrected chi connectivity index (χ2v) is 9.60. The molecule has 8 heteroatoms. The number of carboxylic acids is 1. The number of hydrogen-bond donors (Lipinski definition) is 2. The smallest absolute Gasteiger partial charge is 0.309 e. The lowest BCUT2D eigenvalue weighted by Crippen LogP contribution is -2.35. The number of nitrogens with zero attached hydrogens (tertiary/aromatic N) is 1. The molecule has 0 aromatic heterocycles. The van der Waals surface area contributed by atoms with Gasteiger partial charge in [0.2, 0.25) is 12.7 Å². The molecule has 0 radical (unpaired) electrons. The van der Waals surface area contributed by atoms with E-state index in [1.165, 1.54) is 0 Å². The summed E-state index contributed by atoms with van der Waals surface area (Å²) in [6, 6.07) is 18.3. The number of hydrogen-bond acceptors (Lipinski definition) is 6. The number of carbonyl (C=O) groups excluding carboxylic acids is 1. The van der Waals surface area contributed by atoms with E-state index < -0.39 is 17.9 Å². The average molecular weight is 503 g/mol. The first-order chi connectivity index (χ1) is 17.8. The largest absolute Gasteiger partial charge is 0.497 e. The fraction of sp³-hybridized carbons (Fsp3) is 0.310. The molecule has 3 aromatic rings. The zero-order valence-electron chi connectivity index (χ0n) is 21.1. The summed E-state index contributed by atoms with van der Waals surface area (Å²) in [6.07, 6.45) is 0. The maximum Gasteiger partial charge on any atom is 0.309 e. The lowest BCUT2D eigenvalue weighted by molar-refractivity contribution is -0.143. The van der Waals surface area contributed by atoms with Crippen LogP contribution in [0.3, 0.4) is 0 Å². The van der Waals surface area contributed by atoms with E-state index in [1.807, 2.05) is 79.4 Å². The molecule has 192 valence electrons. The summed E-state index contributed by atoms with van der Waals surface area (Å²) >= 11 is 0. The van der Waals surface area contributed by atoms with Crippen LogP contribution in [-0.2, 0) is 9.59 Å². The number of nitrogens with one attached hydrogen (secondary N) is 1. The van der Waals surface area contributed by atoms with Crippen molar-refractivity contribution in [3.8, 4) is 17.2 Å². The van der Waals surface area contributed by atoms with Gasteiger partial charge in [-0.3, -0.25) is 14.5 Å². The number of aryl methyl sites for hydroxylation is 2. The van der Waals surface area contributed by atoms with E-state index in [9.17, 15) is 14.7 Å². The van der Waals surface area contributed by atoms with Gasteiger partial charge in [-0.25, -0.2) is 0 Å². The van der Waals surface area contributed by atoms with Crippen molar-refractivity contribution in [1.29, 1.82) is 0 Å². The highest BCUT2D eigenvalue weighted by molar-refractivity contribution is 5.93. The third-order valence-corrected chi connectivity index (χ3v) is 7.18. The van der Waals surface area contributed by atoms with E-state index in [0.29, 0.717) is 23.8 Å². The number of carboxylic acid groups (broad SMARTS) is 1. The van der Waals surface area contributed by atoms with Gasteiger partial charge in [0.1, 0.15) is 5.75 Å². The monoisotopic (exact) mass is 502 g/mol. The molecule has 8 nitrogen and oxygen atoms in total. The highest BCUT2D eigenvalue weighted by atomic mass is 16.7. The van der Waals surface area contributed by atoms with Crippen molar-refractivity contribution in [2.45, 2.75) is 25.8 Å². The van der Waals surface area contributed by atoms with Gasteiger partial charge in [0.25, 0.3) is 0 Å². The number of methoxy groups -OCH3 is 1. The Labute approximate surface area is 215 Å². The summed E-state index contributed by atoms with van der Waals surface area (Å²) in [5.41, 5.74) is 4.43. The highest BCUT2D eigenvalue weighted by Gasteiger charge is 2.48. The molecule has 1 amide bonds. The number of benzene rings is 3. The zero-order chi connectivity index (χ0) is 26.1. The molecule has 2 N–H and O–H groups in total. The van der Waals surface area contributed by atoms with Gasteiger partial charge in [0, 0.05) is 24.2 Å². The second-order valence-electron chi connectivity index (χ2n) is 9.60. The van der Waals surface area contributed by atoms with Crippen molar-refractivity contribution >= 4 is 17.6 Å². The Morgan fingerprint density at radius 1 is 1.00 bits per heavy atom. The van der Waals surface area contributed by atoms with Gasteiger partial charge in [0.05, 0.1) is 19.6 Å². The molecule has 3 aromatic carbocycles. The van der Waals surface area contributed by atoms with Crippen molar-refractivity contribution < 1.29 is 28.9 Å². The summed E-state index contributed by atoms with van der Waals surface area (Å²) in [5, 5.41) is 13.4. The molecule has 0 aliphatic carbocycles. The molecule has 1 unspecified atom stereocenters. The topological polar surface area (TPSA) is 97.3 Å². The molecule has 2 aliphatic rings. The Bertz CT molecular complexity index is 1320. The van der Waals surface area contributed by atoms with E-state index in [-0.39, 0.29) is 25.2 Å². The number of rotatable bonds is 7. The Morgan fingerprint density at radius 2 is 1.73 bits per heavy atom. The van der Waals surface area contributed by atoms with Gasteiger partial charge in [-0.1, -0.05) is 30.3 Å². The third kappa shape index (κ3) is 4.97. The van der Waals surface area contributed by atoms with E-state index in [4.69, 9.17) is 14.2 Å². The minimum atomic E-state index is -0.916. The number of carbonyl (C=O) groups is 2. The summed E-state index contributed by atoms with van der Waals surface area (Å²) in [7, 11) is 1.59. The molecule has 0 bridgehead atoms. The number of amides is 1. The van der Waals surface area contributed by atoms with Crippen molar-refractivity contribution in [3.63, 3.8) is 0 Å². The van der Waals surface area contributed by atoms with Gasteiger partial charge >= 0.3 is 5.97 Å². The number of aliphatic carboxylic acids is 1. The van der Waals surface area contributed by atoms with E-state index >= 15 is 0 Å². The molecule has 0 spiro atoms. The first kappa shape index (κ1) is 24.6. The fourth-order valence-corrected chi connectivity index (χ4v) is 5.32. The predicted molar refractivity (Wildman–Crippen MR) is 138 cm³/mol. The van der Waals surface area contributed by atoms with Crippen LogP contribution in [0.2, 0.25) is 0 Å². The molecular formula is C29H30N2O6. The van der Waals surface area contributed by atoms with Gasteiger partial charge < -0.3 is 24.6 Å². The molecule has 37 heavy (non-hydrogen) atoms. The summed E-state index contributed by atoms with van der Waals surface area (Å²) in [5.74, 6) is -0.308. The van der Waals surface area contributed by atoms with Gasteiger partial charge in [0.15, 0.2) is 11.5 Å². The van der Waals surface area contributed by atoms with Crippen LogP contribution in [0.4, 0.5) is 5.69 Å². The Balaban J connectivity index is 1.48. The Morgan fingerprint density at radius 3 is 2.46 bits per heavy atom. The van der Waals surface area contributed by atoms with Gasteiger partial charge in [-0.15, -0.1) is 0 Å². The fourth-order valence-electron chi connectivity index (χ4n) is 5.32. The maximum atomic E-state index is 13.2. The molecule has 1 fully saturated rings. The first-order valence-electron chi connectivity index (χ1n) is 12.2. The maximum absolute atomic E-state index is 13.2. The zero-order valence-corrected chi connectivity index (χ0v) is 21.1. The number of fused-ring (bicyclic) bond motifs is 1. The van der Waals surface area contributed by atoms with Crippen LogP contribution in [0.15, 0.2) is 60.7 Å². The Hall–Kier alpha value is -4.04. The van der Waals surface area contributed by atoms with E-state index in [0.717, 1.165) is 27.9 Å². The average Bonchev–Trinajstić information content (AvgIpc) is 3.50. The normalized spacial score (nSPS) is 20.6. The second kappa shape index (κ2) is 10.1. The van der Waals surface area contributed by atoms with Crippen LogP contribution >= 0.6 is 0 Å². The molecule has 1 saturated heterocycles. The Kier molecular flexibility index (Phi) is 6.76. The van der Waals surface area contributed by atoms with Crippen LogP contribution < -0.4 is 19.5 Å². The molecule has 3 atom stereocenters. The SMILES string of the molecule is COc1ccc([C@@H]2[C@@H](C(=O)O)C(c3ccc4c(c3)OCO4)CN2CC(=O)Nc2cc(C)ccc2C)cc1. The van der Waals surface area contributed by atoms with Crippen LogP contribution in [0.5, 0.6) is 17.2 Å². The van der Waals surface area contributed by atoms with Crippen LogP contribution in [-0.4, -0.2) is 48.9 Å². The predicted octanol–water partition coefficient (Wildman–Crippen LogP) is 4.52. The standard InChI is InChI=1S/C29H30N2O6/c1-17-4-5-18(2)23(12-17)30-26(32)15-31-14-22(20-8-11-24-25(13-20)37-16-36-24)27(29(33)34)28(31)19-6-9-21(35-3)10-7-19/h4-13,22,27-28H,14-16H2,1-3H3,(H,30,32)(H,33,34)/t22?,27-,28+/m0/s1. The van der Waals surface area contributed by atoms with Crippen LogP contribution in [0.25, 0.3) is 0 Å². The lowest BCUT2D eigenvalue weighted by Gasteiger charge is -2.27.